The van der Waals surface area contributed by atoms with Crippen LogP contribution in [-0.2, 0) is 4.79 Å². The number of hydrogen-bond acceptors (Lipinski definition) is 6. The first-order valence-electron chi connectivity index (χ1n) is 2.60. The van der Waals surface area contributed by atoms with Crippen LogP contribution in [0.2, 0.25) is 0 Å². The van der Waals surface area contributed by atoms with Crippen molar-refractivity contribution >= 4 is 40.5 Å². The Kier molecular flexibility index (Phi) is 19.6. The van der Waals surface area contributed by atoms with E-state index in [9.17, 15) is 9.90 Å². The van der Waals surface area contributed by atoms with Crippen LogP contribution in [0.1, 0.15) is 13.8 Å². The molecule has 0 saturated carbocycles. The van der Waals surface area contributed by atoms with Gasteiger partial charge in [0.1, 0.15) is 0 Å². The quantitative estimate of drug-likeness (QED) is 0.259. The number of carbonyl (C=O) groups is 1. The smallest absolute Gasteiger partial charge is 0.876 e. The number of hydrogen-bond donors (Lipinski definition) is 0. The Labute approximate surface area is 105 Å². The second kappa shape index (κ2) is 11.5. The van der Waals surface area contributed by atoms with Crippen LogP contribution < -0.4 is 23.7 Å². The van der Waals surface area contributed by atoms with Crippen LogP contribution in [-0.4, -0.2) is 40.5 Å². The van der Waals surface area contributed by atoms with Gasteiger partial charge in [0.25, 0.3) is 0 Å². The van der Waals surface area contributed by atoms with Crippen molar-refractivity contribution in [3.8, 4) is 0 Å². The molecule has 0 atom stereocenters. The standard InChI is InChI=1S/C5H8O2.2Al.ClHO4/c1-4(6)3-5(2)7;;;2-1(3,4)5/h3,6H,1-2H3;;;(H,2,3,4,5)/q;2*+3;/p-2/b4-3-;;;. The van der Waals surface area contributed by atoms with Crippen molar-refractivity contribution in [1.82, 2.24) is 0 Å². The molecule has 9 heteroatoms. The summed E-state index contributed by atoms with van der Waals surface area (Å²) < 4.78 is 34.0. The van der Waals surface area contributed by atoms with Crippen molar-refractivity contribution in [3.63, 3.8) is 0 Å². The van der Waals surface area contributed by atoms with E-state index in [-0.39, 0.29) is 46.3 Å². The molecule has 0 bridgehead atoms. The zero-order valence-corrected chi connectivity index (χ0v) is 10.6. The van der Waals surface area contributed by atoms with Gasteiger partial charge in [0, 0.05) is 0 Å². The van der Waals surface area contributed by atoms with Gasteiger partial charge in [0.05, 0.1) is 0 Å². The average Bonchev–Trinajstić information content (AvgIpc) is 1.52. The molecule has 0 N–H and O–H groups in total. The summed E-state index contributed by atoms with van der Waals surface area (Å²) in [4.78, 5) is 9.98. The van der Waals surface area contributed by atoms with Gasteiger partial charge < -0.3 is 5.11 Å². The van der Waals surface area contributed by atoms with E-state index in [4.69, 9.17) is 18.6 Å². The van der Waals surface area contributed by atoms with Crippen LogP contribution in [0.5, 0.6) is 0 Å². The van der Waals surface area contributed by atoms with Crippen molar-refractivity contribution in [2.45, 2.75) is 13.8 Å². The maximum atomic E-state index is 9.98. The molecule has 0 rings (SSSR count). The van der Waals surface area contributed by atoms with E-state index in [0.717, 1.165) is 6.08 Å². The SMILES string of the molecule is CC(=O)/C=C(/C)[O-].[Al+3].[Al+3].[O-][Cl+3]([O-])([O-])[O-]. The van der Waals surface area contributed by atoms with E-state index in [0.29, 0.717) is 0 Å². The van der Waals surface area contributed by atoms with Crippen molar-refractivity contribution in [2.75, 3.05) is 0 Å². The molecule has 6 nitrogen and oxygen atoms in total. The van der Waals surface area contributed by atoms with E-state index in [1.165, 1.54) is 13.8 Å². The second-order valence-corrected chi connectivity index (χ2v) is 2.50. The minimum Gasteiger partial charge on any atom is -0.876 e. The average molecular weight is 253 g/mol. The van der Waals surface area contributed by atoms with Gasteiger partial charge in [-0.15, -0.1) is 16.0 Å². The van der Waals surface area contributed by atoms with Crippen molar-refractivity contribution in [3.05, 3.63) is 11.8 Å². The Bertz CT molecular complexity index is 168. The molecule has 0 aliphatic carbocycles. The number of halogens is 1. The topological polar surface area (TPSA) is 132 Å². The molecule has 0 aromatic rings. The number of ketones is 1. The molecule has 0 aliphatic rings. The molecule has 0 heterocycles. The molecular weight excluding hydrogens is 245 g/mol. The number of rotatable bonds is 1. The Balaban J connectivity index is -0.0000000651. The summed E-state index contributed by atoms with van der Waals surface area (Å²) in [6.45, 7) is 2.70. The van der Waals surface area contributed by atoms with Crippen LogP contribution in [0.25, 0.3) is 0 Å². The molecule has 72 valence electrons. The molecule has 0 aliphatic heterocycles. The third-order valence-corrected chi connectivity index (χ3v) is 0.407. The van der Waals surface area contributed by atoms with E-state index in [1.807, 2.05) is 0 Å². The maximum Gasteiger partial charge on any atom is 3.00 e. The first-order chi connectivity index (χ1) is 5.13. The minimum absolute atomic E-state index is 0. The minimum atomic E-state index is -4.94. The molecule has 0 amide bonds. The first kappa shape index (κ1) is 23.9. The monoisotopic (exact) mass is 252 g/mol. The molecule has 0 aromatic carbocycles. The Morgan fingerprint density at radius 3 is 1.29 bits per heavy atom. The largest absolute Gasteiger partial charge is 3.00 e. The fraction of sp³-hybridized carbons (Fsp3) is 0.400. The van der Waals surface area contributed by atoms with Gasteiger partial charge in [-0.3, -0.25) is 4.79 Å². The van der Waals surface area contributed by atoms with Gasteiger partial charge in [-0.1, -0.05) is 6.92 Å². The molecule has 0 unspecified atom stereocenters. The van der Waals surface area contributed by atoms with Gasteiger partial charge in [0.15, 0.2) is 5.78 Å². The summed E-state index contributed by atoms with van der Waals surface area (Å²) in [5.41, 5.74) is 0. The van der Waals surface area contributed by atoms with E-state index < -0.39 is 10.2 Å². The Morgan fingerprint density at radius 1 is 1.07 bits per heavy atom. The van der Waals surface area contributed by atoms with Crippen LogP contribution >= 0.6 is 0 Å². The predicted octanol–water partition coefficient (Wildman–Crippen LogP) is -5.68. The van der Waals surface area contributed by atoms with Gasteiger partial charge in [-0.25, -0.2) is 18.6 Å². The molecule has 0 fully saturated rings. The summed E-state index contributed by atoms with van der Waals surface area (Å²) >= 11 is 0. The van der Waals surface area contributed by atoms with Gasteiger partial charge in [-0.05, 0) is 13.0 Å². The van der Waals surface area contributed by atoms with Crippen molar-refractivity contribution in [2.24, 2.45) is 0 Å². The third-order valence-electron chi connectivity index (χ3n) is 0.407. The molecule has 14 heavy (non-hydrogen) atoms. The number of allylic oxidation sites excluding steroid dienone is 2. The molecule has 0 radical (unpaired) electrons. The summed E-state index contributed by atoms with van der Waals surface area (Å²) in [5.74, 6) is -0.375. The zero-order chi connectivity index (χ0) is 10.4. The van der Waals surface area contributed by atoms with E-state index in [1.54, 1.807) is 0 Å². The first-order valence-corrected chi connectivity index (χ1v) is 3.84. The summed E-state index contributed by atoms with van der Waals surface area (Å²) in [5, 5.41) is 9.98. The predicted molar refractivity (Wildman–Crippen MR) is 35.9 cm³/mol. The van der Waals surface area contributed by atoms with Crippen LogP contribution in [0.15, 0.2) is 11.8 Å². The Hall–Kier alpha value is 0.405. The summed E-state index contributed by atoms with van der Waals surface area (Å²) in [7, 11) is -4.94. The van der Waals surface area contributed by atoms with Gasteiger partial charge in [-0.2, -0.15) is 0 Å². The van der Waals surface area contributed by atoms with Crippen LogP contribution in [0.4, 0.5) is 0 Å². The molecule has 0 saturated heterocycles. The zero-order valence-electron chi connectivity index (χ0n) is 7.56. The fourth-order valence-electron chi connectivity index (χ4n) is 0.286. The normalized spacial score (nSPS) is 10.0. The van der Waals surface area contributed by atoms with Crippen LogP contribution in [0.3, 0.4) is 0 Å². The maximum absolute atomic E-state index is 9.98. The van der Waals surface area contributed by atoms with E-state index >= 15 is 0 Å². The van der Waals surface area contributed by atoms with Crippen molar-refractivity contribution in [1.29, 1.82) is 0 Å². The summed E-state index contributed by atoms with van der Waals surface area (Å²) in [6.07, 6.45) is 1.06. The summed E-state index contributed by atoms with van der Waals surface area (Å²) in [6, 6.07) is 0. The molecular formula is C5H7Al2ClO6+4. The molecule has 0 aromatic heterocycles. The van der Waals surface area contributed by atoms with Gasteiger partial charge >= 0.3 is 34.7 Å². The van der Waals surface area contributed by atoms with Crippen LogP contribution in [0, 0.1) is 10.2 Å². The number of carbonyl (C=O) groups excluding carboxylic acids is 1. The Morgan fingerprint density at radius 2 is 1.29 bits per heavy atom. The van der Waals surface area contributed by atoms with E-state index in [2.05, 4.69) is 0 Å². The molecule has 0 spiro atoms. The fourth-order valence-corrected chi connectivity index (χ4v) is 0.286. The van der Waals surface area contributed by atoms with Gasteiger partial charge in [0.2, 0.25) is 0 Å². The second-order valence-electron chi connectivity index (χ2n) is 1.74. The third kappa shape index (κ3) is 83.2. The van der Waals surface area contributed by atoms with Crippen molar-refractivity contribution < 1.29 is 38.8 Å².